The molecule has 1 N–H and O–H groups in total. The maximum Gasteiger partial charge on any atom is 0.328 e. The highest BCUT2D eigenvalue weighted by Gasteiger charge is 2.39. The number of carboxylic acid groups (broad SMARTS) is 1. The summed E-state index contributed by atoms with van der Waals surface area (Å²) in [4.78, 5) is 36.7. The third-order valence-electron chi connectivity index (χ3n) is 3.23. The van der Waals surface area contributed by atoms with Gasteiger partial charge in [0.05, 0.1) is 6.54 Å². The van der Waals surface area contributed by atoms with Crippen LogP contribution in [0.1, 0.15) is 17.3 Å². The van der Waals surface area contributed by atoms with Gasteiger partial charge in [-0.05, 0) is 31.2 Å². The smallest absolute Gasteiger partial charge is 0.328 e. The van der Waals surface area contributed by atoms with E-state index < -0.39 is 12.0 Å². The first-order chi connectivity index (χ1) is 8.91. The predicted molar refractivity (Wildman–Crippen MR) is 68.4 cm³/mol. The third kappa shape index (κ3) is 2.29. The molecule has 0 spiro atoms. The lowest BCUT2D eigenvalue weighted by molar-refractivity contribution is -0.140. The lowest BCUT2D eigenvalue weighted by Crippen LogP contribution is -2.36. The standard InChI is InChI=1S/C13H14N2O4/c1-8(16)9-3-5-10(6-4-9)15-7-11(12(17)18)14(2)13(15)19/h3-6,11H,7H2,1-2H3,(H,17,18). The molecular weight excluding hydrogens is 248 g/mol. The molecule has 100 valence electrons. The zero-order valence-corrected chi connectivity index (χ0v) is 10.7. The zero-order chi connectivity index (χ0) is 14.2. The molecule has 1 fully saturated rings. The van der Waals surface area contributed by atoms with Gasteiger partial charge in [-0.2, -0.15) is 0 Å². The maximum atomic E-state index is 12.0. The van der Waals surface area contributed by atoms with Crippen molar-refractivity contribution in [2.45, 2.75) is 13.0 Å². The van der Waals surface area contributed by atoms with Crippen molar-refractivity contribution in [3.63, 3.8) is 0 Å². The van der Waals surface area contributed by atoms with Gasteiger partial charge in [-0.15, -0.1) is 0 Å². The minimum absolute atomic E-state index is 0.0557. The number of likely N-dealkylation sites (N-methyl/N-ethyl adjacent to an activating group) is 1. The number of nitrogens with zero attached hydrogens (tertiary/aromatic N) is 2. The van der Waals surface area contributed by atoms with Crippen molar-refractivity contribution in [1.29, 1.82) is 0 Å². The highest BCUT2D eigenvalue weighted by molar-refractivity contribution is 5.99. The Morgan fingerprint density at radius 2 is 1.84 bits per heavy atom. The Morgan fingerprint density at radius 1 is 1.26 bits per heavy atom. The van der Waals surface area contributed by atoms with Crippen molar-refractivity contribution in [3.05, 3.63) is 29.8 Å². The Labute approximate surface area is 110 Å². The van der Waals surface area contributed by atoms with E-state index in [0.29, 0.717) is 11.3 Å². The van der Waals surface area contributed by atoms with Crippen molar-refractivity contribution in [3.8, 4) is 0 Å². The van der Waals surface area contributed by atoms with Crippen LogP contribution < -0.4 is 4.90 Å². The van der Waals surface area contributed by atoms with E-state index in [2.05, 4.69) is 0 Å². The Bertz CT molecular complexity index is 538. The second kappa shape index (κ2) is 4.72. The Hall–Kier alpha value is -2.37. The number of urea groups is 1. The van der Waals surface area contributed by atoms with Crippen LogP contribution in [0.4, 0.5) is 10.5 Å². The van der Waals surface area contributed by atoms with E-state index in [1.54, 1.807) is 24.3 Å². The fraction of sp³-hybridized carbons (Fsp3) is 0.308. The molecule has 1 heterocycles. The van der Waals surface area contributed by atoms with Gasteiger partial charge in [0.1, 0.15) is 6.04 Å². The number of benzene rings is 1. The average Bonchev–Trinajstić information content (AvgIpc) is 2.67. The molecule has 0 radical (unpaired) electrons. The van der Waals surface area contributed by atoms with Gasteiger partial charge in [-0.3, -0.25) is 9.69 Å². The summed E-state index contributed by atoms with van der Waals surface area (Å²) >= 11 is 0. The molecule has 6 heteroatoms. The van der Waals surface area contributed by atoms with Crippen molar-refractivity contribution in [2.75, 3.05) is 18.5 Å². The quantitative estimate of drug-likeness (QED) is 0.831. The van der Waals surface area contributed by atoms with Gasteiger partial charge in [0.25, 0.3) is 0 Å². The molecule has 1 aliphatic rings. The van der Waals surface area contributed by atoms with Crippen LogP contribution in [0, 0.1) is 0 Å². The number of carbonyl (C=O) groups is 3. The molecule has 0 saturated carbocycles. The molecule has 1 saturated heterocycles. The number of amides is 2. The van der Waals surface area contributed by atoms with Gasteiger partial charge in [0.15, 0.2) is 5.78 Å². The molecule has 1 aromatic rings. The molecule has 6 nitrogen and oxygen atoms in total. The van der Waals surface area contributed by atoms with Crippen LogP contribution in [-0.2, 0) is 4.79 Å². The molecule has 2 rings (SSSR count). The normalized spacial score (nSPS) is 18.8. The van der Waals surface area contributed by atoms with Crippen LogP contribution in [0.25, 0.3) is 0 Å². The van der Waals surface area contributed by atoms with Gasteiger partial charge in [0.2, 0.25) is 0 Å². The van der Waals surface area contributed by atoms with Gasteiger partial charge < -0.3 is 10.0 Å². The van der Waals surface area contributed by atoms with Crippen molar-refractivity contribution in [2.24, 2.45) is 0 Å². The lowest BCUT2D eigenvalue weighted by atomic mass is 10.1. The van der Waals surface area contributed by atoms with E-state index in [1.165, 1.54) is 23.8 Å². The zero-order valence-electron chi connectivity index (χ0n) is 10.7. The number of carbonyl (C=O) groups excluding carboxylic acids is 2. The van der Waals surface area contributed by atoms with E-state index in [0.717, 1.165) is 0 Å². The Kier molecular flexibility index (Phi) is 3.25. The average molecular weight is 262 g/mol. The summed E-state index contributed by atoms with van der Waals surface area (Å²) in [7, 11) is 1.46. The number of carboxylic acids is 1. The van der Waals surface area contributed by atoms with E-state index >= 15 is 0 Å². The van der Waals surface area contributed by atoms with Crippen LogP contribution in [-0.4, -0.2) is 47.4 Å². The first kappa shape index (κ1) is 13.1. The van der Waals surface area contributed by atoms with E-state index in [9.17, 15) is 14.4 Å². The number of aliphatic carboxylic acids is 1. The molecule has 1 atom stereocenters. The number of rotatable bonds is 3. The van der Waals surface area contributed by atoms with Crippen molar-refractivity contribution in [1.82, 2.24) is 4.90 Å². The topological polar surface area (TPSA) is 77.9 Å². The summed E-state index contributed by atoms with van der Waals surface area (Å²) in [5.41, 5.74) is 1.14. The molecule has 1 aliphatic heterocycles. The van der Waals surface area contributed by atoms with Gasteiger partial charge in [-0.1, -0.05) is 0 Å². The lowest BCUT2D eigenvalue weighted by Gasteiger charge is -2.15. The summed E-state index contributed by atoms with van der Waals surface area (Å²) < 4.78 is 0. The molecule has 1 unspecified atom stereocenters. The SMILES string of the molecule is CC(=O)c1ccc(N2CC(C(=O)O)N(C)C2=O)cc1. The van der Waals surface area contributed by atoms with Crippen LogP contribution >= 0.6 is 0 Å². The van der Waals surface area contributed by atoms with E-state index in [1.807, 2.05) is 0 Å². The minimum Gasteiger partial charge on any atom is -0.480 e. The number of hydrogen-bond acceptors (Lipinski definition) is 3. The molecule has 0 aliphatic carbocycles. The maximum absolute atomic E-state index is 12.0. The minimum atomic E-state index is -1.03. The summed E-state index contributed by atoms with van der Waals surface area (Å²) in [5, 5.41) is 9.02. The van der Waals surface area contributed by atoms with Gasteiger partial charge >= 0.3 is 12.0 Å². The largest absolute Gasteiger partial charge is 0.480 e. The Morgan fingerprint density at radius 3 is 2.26 bits per heavy atom. The monoisotopic (exact) mass is 262 g/mol. The van der Waals surface area contributed by atoms with Crippen LogP contribution in [0.3, 0.4) is 0 Å². The molecular formula is C13H14N2O4. The van der Waals surface area contributed by atoms with E-state index in [4.69, 9.17) is 5.11 Å². The summed E-state index contributed by atoms with van der Waals surface area (Å²) in [6.45, 7) is 1.56. The van der Waals surface area contributed by atoms with Crippen LogP contribution in [0.15, 0.2) is 24.3 Å². The van der Waals surface area contributed by atoms with Crippen molar-refractivity contribution < 1.29 is 19.5 Å². The predicted octanol–water partition coefficient (Wildman–Crippen LogP) is 1.21. The van der Waals surface area contributed by atoms with Crippen LogP contribution in [0.2, 0.25) is 0 Å². The number of hydrogen-bond donors (Lipinski definition) is 1. The number of ketones is 1. The highest BCUT2D eigenvalue weighted by atomic mass is 16.4. The molecule has 19 heavy (non-hydrogen) atoms. The summed E-state index contributed by atoms with van der Waals surface area (Å²) in [6, 6.07) is 5.33. The summed E-state index contributed by atoms with van der Waals surface area (Å²) in [5.74, 6) is -1.08. The fourth-order valence-electron chi connectivity index (χ4n) is 2.03. The molecule has 0 aromatic heterocycles. The second-order valence-corrected chi connectivity index (χ2v) is 4.46. The van der Waals surface area contributed by atoms with Crippen LogP contribution in [0.5, 0.6) is 0 Å². The van der Waals surface area contributed by atoms with Gasteiger partial charge in [0, 0.05) is 18.3 Å². The first-order valence-electron chi connectivity index (χ1n) is 5.80. The van der Waals surface area contributed by atoms with Crippen molar-refractivity contribution >= 4 is 23.5 Å². The van der Waals surface area contributed by atoms with Gasteiger partial charge in [-0.25, -0.2) is 9.59 Å². The third-order valence-corrected chi connectivity index (χ3v) is 3.23. The fourth-order valence-corrected chi connectivity index (χ4v) is 2.03. The first-order valence-corrected chi connectivity index (χ1v) is 5.80. The second-order valence-electron chi connectivity index (χ2n) is 4.46. The Balaban J connectivity index is 2.25. The molecule has 0 bridgehead atoms. The summed E-state index contributed by atoms with van der Waals surface area (Å²) in [6.07, 6.45) is 0. The molecule has 2 amide bonds. The van der Waals surface area contributed by atoms with E-state index in [-0.39, 0.29) is 18.4 Å². The highest BCUT2D eigenvalue weighted by Crippen LogP contribution is 2.23. The number of Topliss-reactive ketones (excluding diaryl/α,β-unsaturated/α-hetero) is 1. The molecule has 1 aromatic carbocycles. The number of anilines is 1.